The second-order valence-corrected chi connectivity index (χ2v) is 14.1. The third kappa shape index (κ3) is 5.29. The van der Waals surface area contributed by atoms with Crippen molar-refractivity contribution in [3.8, 4) is 56.5 Å². The maximum Gasteiger partial charge on any atom is 0.164 e. The van der Waals surface area contributed by atoms with Crippen molar-refractivity contribution in [3.63, 3.8) is 0 Å². The molecule has 8 aromatic carbocycles. The Balaban J connectivity index is 1.25. The van der Waals surface area contributed by atoms with Crippen molar-refractivity contribution >= 4 is 54.0 Å². The fraction of sp³-hybridized carbons (Fsp3) is 0. The topological polar surface area (TPSA) is 64.5 Å². The third-order valence-electron chi connectivity index (χ3n) is 10.7. The smallest absolute Gasteiger partial charge is 0.164 e. The lowest BCUT2D eigenvalue weighted by Crippen LogP contribution is -2.01. The van der Waals surface area contributed by atoms with Gasteiger partial charge < -0.3 is 0 Å². The molecule has 0 aliphatic heterocycles. The summed E-state index contributed by atoms with van der Waals surface area (Å²) in [6, 6.07) is 61.4. The molecular formula is C51H31N5. The number of fused-ring (bicyclic) bond motifs is 9. The molecule has 0 saturated carbocycles. The van der Waals surface area contributed by atoms with Crippen LogP contribution >= 0.6 is 0 Å². The minimum absolute atomic E-state index is 0.583. The number of para-hydroxylation sites is 1. The molecule has 3 heterocycles. The number of aromatic nitrogens is 5. The Morgan fingerprint density at radius 3 is 1.45 bits per heavy atom. The minimum atomic E-state index is 0.583. The van der Waals surface area contributed by atoms with E-state index in [1.165, 1.54) is 32.3 Å². The molecule has 0 saturated heterocycles. The highest BCUT2D eigenvalue weighted by Crippen LogP contribution is 2.43. The fourth-order valence-electron chi connectivity index (χ4n) is 8.20. The molecule has 56 heavy (non-hydrogen) atoms. The average molecular weight is 714 g/mol. The monoisotopic (exact) mass is 713 g/mol. The van der Waals surface area contributed by atoms with Crippen molar-refractivity contribution in [1.29, 1.82) is 0 Å². The highest BCUT2D eigenvalue weighted by Gasteiger charge is 2.19. The van der Waals surface area contributed by atoms with Gasteiger partial charge in [0.2, 0.25) is 0 Å². The molecule has 0 atom stereocenters. The van der Waals surface area contributed by atoms with E-state index >= 15 is 0 Å². The highest BCUT2D eigenvalue weighted by atomic mass is 15.0. The largest absolute Gasteiger partial charge is 0.264 e. The molecule has 11 aromatic rings. The van der Waals surface area contributed by atoms with E-state index in [1.54, 1.807) is 0 Å². The van der Waals surface area contributed by atoms with E-state index in [4.69, 9.17) is 19.9 Å². The van der Waals surface area contributed by atoms with Gasteiger partial charge in [-0.25, -0.2) is 19.9 Å². The summed E-state index contributed by atoms with van der Waals surface area (Å²) in [6.45, 7) is 0. The van der Waals surface area contributed by atoms with Gasteiger partial charge in [-0.3, -0.25) is 4.98 Å². The first-order valence-electron chi connectivity index (χ1n) is 18.7. The summed E-state index contributed by atoms with van der Waals surface area (Å²) in [5.74, 6) is 1.81. The molecule has 11 rings (SSSR count). The van der Waals surface area contributed by atoms with Crippen molar-refractivity contribution in [2.45, 2.75) is 0 Å². The molecule has 0 aliphatic rings. The van der Waals surface area contributed by atoms with E-state index in [-0.39, 0.29) is 0 Å². The van der Waals surface area contributed by atoms with Crippen LogP contribution in [0.25, 0.3) is 111 Å². The highest BCUT2D eigenvalue weighted by molar-refractivity contribution is 6.28. The summed E-state index contributed by atoms with van der Waals surface area (Å²) in [7, 11) is 0. The molecule has 260 valence electrons. The Labute approximate surface area is 322 Å². The lowest BCUT2D eigenvalue weighted by Gasteiger charge is -2.17. The first kappa shape index (κ1) is 31.9. The third-order valence-corrected chi connectivity index (χ3v) is 10.7. The number of rotatable bonds is 5. The number of nitrogens with zero attached hydrogens (tertiary/aromatic N) is 5. The van der Waals surface area contributed by atoms with Crippen LogP contribution < -0.4 is 0 Å². The standard InChI is InChI=1S/C51H31N5/c1-3-14-32(15-4-1)49-54-50(33-16-5-2-6-17-33)56-51(55-49)36-29-34(28-35(30-36)48-45-31-52-27-26-41(45)42-21-11-12-25-46(42)53-48)37-23-13-24-44-40-19-8-7-18-38(40)39-20-9-10-22-43(39)47(37)44/h1-31H. The van der Waals surface area contributed by atoms with Crippen LogP contribution in [0.3, 0.4) is 0 Å². The molecule has 0 spiro atoms. The summed E-state index contributed by atoms with van der Waals surface area (Å²) in [5.41, 5.74) is 7.60. The van der Waals surface area contributed by atoms with Gasteiger partial charge in [-0.2, -0.15) is 0 Å². The predicted octanol–water partition coefficient (Wildman–Crippen LogP) is 12.8. The van der Waals surface area contributed by atoms with Crippen LogP contribution in [0.2, 0.25) is 0 Å². The molecular weight excluding hydrogens is 683 g/mol. The molecule has 3 aromatic heterocycles. The summed E-state index contributed by atoms with van der Waals surface area (Å²) >= 11 is 0. The van der Waals surface area contributed by atoms with Crippen molar-refractivity contribution < 1.29 is 0 Å². The SMILES string of the molecule is c1ccc(-c2nc(-c3ccccc3)nc(-c3cc(-c4nc5ccccc5c5ccncc45)cc(-c4cccc5c6ccccc6c6ccccc6c45)c3)n2)cc1. The zero-order valence-corrected chi connectivity index (χ0v) is 30.1. The first-order valence-corrected chi connectivity index (χ1v) is 18.7. The molecule has 5 heteroatoms. The van der Waals surface area contributed by atoms with Crippen LogP contribution in [0.4, 0.5) is 0 Å². The molecule has 0 N–H and O–H groups in total. The van der Waals surface area contributed by atoms with Gasteiger partial charge in [0.05, 0.1) is 11.2 Å². The van der Waals surface area contributed by atoms with Gasteiger partial charge in [0.1, 0.15) is 0 Å². The van der Waals surface area contributed by atoms with Gasteiger partial charge in [-0.1, -0.05) is 146 Å². The van der Waals surface area contributed by atoms with E-state index < -0.39 is 0 Å². The van der Waals surface area contributed by atoms with Gasteiger partial charge in [-0.15, -0.1) is 0 Å². The number of benzene rings is 8. The molecule has 0 unspecified atom stereocenters. The summed E-state index contributed by atoms with van der Waals surface area (Å²) in [6.07, 6.45) is 3.78. The summed E-state index contributed by atoms with van der Waals surface area (Å²) < 4.78 is 0. The number of hydrogen-bond donors (Lipinski definition) is 0. The Hall–Kier alpha value is -7.63. The zero-order chi connectivity index (χ0) is 37.0. The minimum Gasteiger partial charge on any atom is -0.264 e. The van der Waals surface area contributed by atoms with Crippen molar-refractivity contribution in [2.24, 2.45) is 0 Å². The molecule has 0 amide bonds. The Kier molecular flexibility index (Phi) is 7.42. The second kappa shape index (κ2) is 13.0. The van der Waals surface area contributed by atoms with Crippen molar-refractivity contribution in [3.05, 3.63) is 188 Å². The Morgan fingerprint density at radius 2 is 0.786 bits per heavy atom. The summed E-state index contributed by atoms with van der Waals surface area (Å²) in [4.78, 5) is 25.3. The maximum atomic E-state index is 5.33. The normalized spacial score (nSPS) is 11.6. The van der Waals surface area contributed by atoms with Crippen LogP contribution in [0.1, 0.15) is 0 Å². The van der Waals surface area contributed by atoms with Gasteiger partial charge in [0, 0.05) is 45.4 Å². The van der Waals surface area contributed by atoms with E-state index in [9.17, 15) is 0 Å². The number of pyridine rings is 2. The van der Waals surface area contributed by atoms with E-state index in [0.717, 1.165) is 60.8 Å². The quantitative estimate of drug-likeness (QED) is 0.166. The number of hydrogen-bond acceptors (Lipinski definition) is 5. The Bertz CT molecular complexity index is 3200. The van der Waals surface area contributed by atoms with Crippen molar-refractivity contribution in [1.82, 2.24) is 24.9 Å². The van der Waals surface area contributed by atoms with Crippen LogP contribution in [0.5, 0.6) is 0 Å². The maximum absolute atomic E-state index is 5.33. The molecule has 0 aliphatic carbocycles. The predicted molar refractivity (Wildman–Crippen MR) is 230 cm³/mol. The van der Waals surface area contributed by atoms with Crippen LogP contribution in [-0.2, 0) is 0 Å². The van der Waals surface area contributed by atoms with Crippen molar-refractivity contribution in [2.75, 3.05) is 0 Å². The second-order valence-electron chi connectivity index (χ2n) is 14.1. The zero-order valence-electron chi connectivity index (χ0n) is 30.1. The van der Waals surface area contributed by atoms with Gasteiger partial charge >= 0.3 is 0 Å². The fourth-order valence-corrected chi connectivity index (χ4v) is 8.20. The molecule has 0 bridgehead atoms. The Morgan fingerprint density at radius 1 is 0.304 bits per heavy atom. The first-order chi connectivity index (χ1) is 27.8. The summed E-state index contributed by atoms with van der Waals surface area (Å²) in [5, 5.41) is 10.5. The van der Waals surface area contributed by atoms with Gasteiger partial charge in [0.25, 0.3) is 0 Å². The van der Waals surface area contributed by atoms with Gasteiger partial charge in [-0.05, 0) is 79.2 Å². The van der Waals surface area contributed by atoms with E-state index in [2.05, 4.69) is 114 Å². The molecule has 0 fully saturated rings. The lowest BCUT2D eigenvalue weighted by atomic mass is 9.88. The average Bonchev–Trinajstić information content (AvgIpc) is 3.29. The van der Waals surface area contributed by atoms with Gasteiger partial charge in [0.15, 0.2) is 17.5 Å². The van der Waals surface area contributed by atoms with Crippen LogP contribution in [0.15, 0.2) is 188 Å². The lowest BCUT2D eigenvalue weighted by molar-refractivity contribution is 1.07. The van der Waals surface area contributed by atoms with E-state index in [1.807, 2.05) is 79.1 Å². The molecule has 5 nitrogen and oxygen atoms in total. The van der Waals surface area contributed by atoms with E-state index in [0.29, 0.717) is 17.5 Å². The molecule has 0 radical (unpaired) electrons. The van der Waals surface area contributed by atoms with Crippen LogP contribution in [0, 0.1) is 0 Å². The van der Waals surface area contributed by atoms with Crippen LogP contribution in [-0.4, -0.2) is 24.9 Å².